The van der Waals surface area contributed by atoms with Crippen LogP contribution < -0.4 is 0 Å². The summed E-state index contributed by atoms with van der Waals surface area (Å²) in [4.78, 5) is 23.6. The first-order valence-electron chi connectivity index (χ1n) is 9.32. The molecular formula is C19H26O7. The fourth-order valence-corrected chi connectivity index (χ4v) is 5.80. The van der Waals surface area contributed by atoms with E-state index in [0.29, 0.717) is 24.3 Å². The Balaban J connectivity index is 1.54. The maximum atomic E-state index is 11.9. The van der Waals surface area contributed by atoms with Gasteiger partial charge in [0.2, 0.25) is 0 Å². The second-order valence-corrected chi connectivity index (χ2v) is 8.52. The standard InChI is InChI=1S/C19H26O7/c1-10(2)16(21)24-9-15-14(8-20)25-19(26-15)12-3-11-4-13(19)7-18(5-11,6-12)17(22)23/h11-15,20H,1,3-9H2,2H3,(H,22,23). The number of aliphatic hydroxyl groups is 1. The zero-order valence-corrected chi connectivity index (χ0v) is 15.0. The van der Waals surface area contributed by atoms with Crippen LogP contribution in [0.25, 0.3) is 0 Å². The van der Waals surface area contributed by atoms with Crippen LogP contribution in [0.5, 0.6) is 0 Å². The molecule has 0 aromatic rings. The number of carbonyl (C=O) groups excluding carboxylic acids is 1. The number of esters is 1. The summed E-state index contributed by atoms with van der Waals surface area (Å²) in [5.41, 5.74) is -0.356. The number of aliphatic hydroxyl groups excluding tert-OH is 1. The quantitative estimate of drug-likeness (QED) is 0.561. The first kappa shape index (κ1) is 17.9. The Kier molecular flexibility index (Phi) is 4.17. The molecule has 4 saturated carbocycles. The van der Waals surface area contributed by atoms with E-state index in [-0.39, 0.29) is 25.0 Å². The summed E-state index contributed by atoms with van der Waals surface area (Å²) in [5, 5.41) is 19.5. The van der Waals surface area contributed by atoms with Gasteiger partial charge in [0.05, 0.1) is 12.0 Å². The zero-order valence-electron chi connectivity index (χ0n) is 15.0. The Hall–Kier alpha value is -1.44. The third-order valence-electron chi connectivity index (χ3n) is 6.77. The van der Waals surface area contributed by atoms with Gasteiger partial charge in [-0.05, 0) is 44.9 Å². The number of rotatable bonds is 5. The zero-order chi connectivity index (χ0) is 18.7. The highest BCUT2D eigenvalue weighted by Crippen LogP contribution is 2.66. The van der Waals surface area contributed by atoms with Crippen LogP contribution in [0.4, 0.5) is 0 Å². The van der Waals surface area contributed by atoms with Gasteiger partial charge in [-0.2, -0.15) is 0 Å². The third kappa shape index (κ3) is 2.52. The molecule has 4 atom stereocenters. The predicted octanol–water partition coefficient (Wildman–Crippen LogP) is 1.49. The Morgan fingerprint density at radius 2 is 1.77 bits per heavy atom. The van der Waals surface area contributed by atoms with Crippen LogP contribution in [0, 0.1) is 23.2 Å². The molecule has 0 aromatic heterocycles. The lowest BCUT2D eigenvalue weighted by Crippen LogP contribution is -2.63. The fraction of sp³-hybridized carbons (Fsp3) is 0.789. The predicted molar refractivity (Wildman–Crippen MR) is 89.0 cm³/mol. The molecule has 144 valence electrons. The highest BCUT2D eigenvalue weighted by atomic mass is 16.8. The molecular weight excluding hydrogens is 340 g/mol. The van der Waals surface area contributed by atoms with Gasteiger partial charge < -0.3 is 24.4 Å². The van der Waals surface area contributed by atoms with E-state index >= 15 is 0 Å². The summed E-state index contributed by atoms with van der Waals surface area (Å²) >= 11 is 0. The summed E-state index contributed by atoms with van der Waals surface area (Å²) in [6, 6.07) is 0. The van der Waals surface area contributed by atoms with Crippen LogP contribution in [0.3, 0.4) is 0 Å². The number of carbonyl (C=O) groups is 2. The molecule has 1 saturated heterocycles. The lowest BCUT2D eigenvalue weighted by atomic mass is 9.47. The number of hydrogen-bond acceptors (Lipinski definition) is 6. The van der Waals surface area contributed by atoms with Gasteiger partial charge in [0.1, 0.15) is 18.8 Å². The van der Waals surface area contributed by atoms with E-state index in [1.807, 2.05) is 0 Å². The lowest BCUT2D eigenvalue weighted by molar-refractivity contribution is -0.312. The van der Waals surface area contributed by atoms with E-state index in [0.717, 1.165) is 19.3 Å². The highest BCUT2D eigenvalue weighted by Gasteiger charge is 2.69. The topological polar surface area (TPSA) is 102 Å². The summed E-state index contributed by atoms with van der Waals surface area (Å²) in [6.45, 7) is 4.89. The number of ether oxygens (including phenoxy) is 3. The van der Waals surface area contributed by atoms with E-state index in [1.54, 1.807) is 6.92 Å². The first-order valence-corrected chi connectivity index (χ1v) is 9.32. The molecule has 4 aliphatic carbocycles. The number of aliphatic carboxylic acids is 1. The molecule has 1 spiro atoms. The minimum absolute atomic E-state index is 0.000687. The van der Waals surface area contributed by atoms with Crippen LogP contribution >= 0.6 is 0 Å². The SMILES string of the molecule is C=C(C)C(=O)OCC1OC2(OC1CO)C1CC3CC2CC(C(=O)O)(C3)C1. The monoisotopic (exact) mass is 366 g/mol. The van der Waals surface area contributed by atoms with Gasteiger partial charge in [0.15, 0.2) is 5.79 Å². The van der Waals surface area contributed by atoms with E-state index in [2.05, 4.69) is 6.58 Å². The summed E-state index contributed by atoms with van der Waals surface area (Å²) in [7, 11) is 0. The van der Waals surface area contributed by atoms with Gasteiger partial charge in [-0.3, -0.25) is 4.79 Å². The van der Waals surface area contributed by atoms with Gasteiger partial charge >= 0.3 is 11.9 Å². The van der Waals surface area contributed by atoms with Crippen molar-refractivity contribution in [1.29, 1.82) is 0 Å². The molecule has 5 rings (SSSR count). The molecule has 7 nitrogen and oxygen atoms in total. The van der Waals surface area contributed by atoms with Crippen molar-refractivity contribution >= 4 is 11.9 Å². The lowest BCUT2D eigenvalue weighted by Gasteiger charge is -2.61. The van der Waals surface area contributed by atoms with Gasteiger partial charge in [0, 0.05) is 17.4 Å². The molecule has 2 N–H and O–H groups in total. The Morgan fingerprint density at radius 1 is 1.15 bits per heavy atom. The van der Waals surface area contributed by atoms with Crippen LogP contribution in [0.1, 0.15) is 39.0 Å². The third-order valence-corrected chi connectivity index (χ3v) is 6.77. The molecule has 5 aliphatic rings. The maximum Gasteiger partial charge on any atom is 0.333 e. The molecule has 0 amide bonds. The Labute approximate surface area is 152 Å². The summed E-state index contributed by atoms with van der Waals surface area (Å²) in [5.74, 6) is -1.67. The van der Waals surface area contributed by atoms with Crippen molar-refractivity contribution in [3.63, 3.8) is 0 Å². The summed E-state index contributed by atoms with van der Waals surface area (Å²) < 4.78 is 17.7. The first-order chi connectivity index (χ1) is 12.3. The average molecular weight is 366 g/mol. The molecule has 7 heteroatoms. The second-order valence-electron chi connectivity index (χ2n) is 8.52. The maximum absolute atomic E-state index is 11.9. The van der Waals surface area contributed by atoms with Gasteiger partial charge in [-0.25, -0.2) is 4.79 Å². The largest absolute Gasteiger partial charge is 0.481 e. The van der Waals surface area contributed by atoms with Gasteiger partial charge in [-0.15, -0.1) is 0 Å². The molecule has 4 unspecified atom stereocenters. The van der Waals surface area contributed by atoms with Crippen LogP contribution in [0.2, 0.25) is 0 Å². The van der Waals surface area contributed by atoms with Crippen molar-refractivity contribution in [3.8, 4) is 0 Å². The van der Waals surface area contributed by atoms with Crippen LogP contribution in [-0.2, 0) is 23.8 Å². The van der Waals surface area contributed by atoms with Crippen molar-refractivity contribution in [2.45, 2.75) is 57.0 Å². The molecule has 26 heavy (non-hydrogen) atoms. The minimum atomic E-state index is -0.858. The van der Waals surface area contributed by atoms with E-state index < -0.39 is 35.3 Å². The number of carboxylic acids is 1. The molecule has 0 radical (unpaired) electrons. The molecule has 4 bridgehead atoms. The van der Waals surface area contributed by atoms with Crippen LogP contribution in [0.15, 0.2) is 12.2 Å². The van der Waals surface area contributed by atoms with E-state index in [4.69, 9.17) is 14.2 Å². The van der Waals surface area contributed by atoms with Crippen molar-refractivity contribution in [1.82, 2.24) is 0 Å². The van der Waals surface area contributed by atoms with Crippen molar-refractivity contribution < 1.29 is 34.0 Å². The van der Waals surface area contributed by atoms with E-state index in [1.165, 1.54) is 0 Å². The minimum Gasteiger partial charge on any atom is -0.481 e. The van der Waals surface area contributed by atoms with Crippen molar-refractivity contribution in [2.75, 3.05) is 13.2 Å². The summed E-state index contributed by atoms with van der Waals surface area (Å²) in [6.07, 6.45) is 2.49. The van der Waals surface area contributed by atoms with Crippen molar-refractivity contribution in [3.05, 3.63) is 12.2 Å². The van der Waals surface area contributed by atoms with Gasteiger partial charge in [-0.1, -0.05) is 6.58 Å². The smallest absolute Gasteiger partial charge is 0.333 e. The number of hydrogen-bond donors (Lipinski definition) is 2. The Bertz CT molecular complexity index is 626. The number of carboxylic acid groups (broad SMARTS) is 1. The average Bonchev–Trinajstić information content (AvgIpc) is 2.96. The molecule has 0 aromatic carbocycles. The van der Waals surface area contributed by atoms with Gasteiger partial charge in [0.25, 0.3) is 0 Å². The molecule has 5 fully saturated rings. The molecule has 1 aliphatic heterocycles. The normalized spacial score (nSPS) is 45.8. The highest BCUT2D eigenvalue weighted by molar-refractivity contribution is 5.86. The molecule has 1 heterocycles. The van der Waals surface area contributed by atoms with E-state index in [9.17, 15) is 19.8 Å². The van der Waals surface area contributed by atoms with Crippen molar-refractivity contribution in [2.24, 2.45) is 23.2 Å². The van der Waals surface area contributed by atoms with Crippen LogP contribution in [-0.4, -0.2) is 53.4 Å². The second kappa shape index (κ2) is 6.04. The Morgan fingerprint density at radius 3 is 2.31 bits per heavy atom. The fourth-order valence-electron chi connectivity index (χ4n) is 5.80.